The van der Waals surface area contributed by atoms with E-state index < -0.39 is 23.3 Å². The molecule has 0 aromatic heterocycles. The molecule has 0 amide bonds. The maximum absolute atomic E-state index is 14.3. The van der Waals surface area contributed by atoms with Gasteiger partial charge in [0.1, 0.15) is 0 Å². The van der Waals surface area contributed by atoms with Crippen molar-refractivity contribution in [2.24, 2.45) is 47.3 Å². The molecule has 2 atom stereocenters. The summed E-state index contributed by atoms with van der Waals surface area (Å²) in [6.07, 6.45) is 23.0. The average Bonchev–Trinajstić information content (AvgIpc) is 3.29. The van der Waals surface area contributed by atoms with Gasteiger partial charge >= 0.3 is 0 Å². The van der Waals surface area contributed by atoms with Crippen molar-refractivity contribution in [3.63, 3.8) is 0 Å². The summed E-state index contributed by atoms with van der Waals surface area (Å²) in [5.74, 6) is 2.50. The fourth-order valence-corrected chi connectivity index (χ4v) is 12.1. The van der Waals surface area contributed by atoms with E-state index in [-0.39, 0.29) is 12.2 Å². The van der Waals surface area contributed by atoms with Crippen LogP contribution in [-0.4, -0.2) is 0 Å². The van der Waals surface area contributed by atoms with Crippen molar-refractivity contribution in [3.8, 4) is 22.3 Å². The van der Waals surface area contributed by atoms with Crippen LogP contribution in [0.15, 0.2) is 84.9 Å². The number of halogens is 4. The summed E-state index contributed by atoms with van der Waals surface area (Å²) >= 11 is 0. The molecular formula is C54H66F4O. The van der Waals surface area contributed by atoms with Crippen LogP contribution in [0.5, 0.6) is 0 Å². The van der Waals surface area contributed by atoms with Crippen LogP contribution in [0.3, 0.4) is 0 Å². The topological polar surface area (TPSA) is 9.23 Å². The molecule has 4 saturated carbocycles. The number of rotatable bonds is 12. The minimum Gasteiger partial charge on any atom is -0.365 e. The van der Waals surface area contributed by atoms with Gasteiger partial charge in [-0.1, -0.05) is 113 Å². The van der Waals surface area contributed by atoms with Crippen molar-refractivity contribution in [1.82, 2.24) is 0 Å². The first-order chi connectivity index (χ1) is 28.8. The van der Waals surface area contributed by atoms with E-state index in [1.54, 1.807) is 12.1 Å². The van der Waals surface area contributed by atoms with Crippen molar-refractivity contribution < 1.29 is 22.3 Å². The lowest BCUT2D eigenvalue weighted by Gasteiger charge is -2.43. The van der Waals surface area contributed by atoms with Crippen molar-refractivity contribution in [3.05, 3.63) is 119 Å². The zero-order chi connectivity index (χ0) is 40.9. The Morgan fingerprint density at radius 2 is 0.695 bits per heavy atom. The van der Waals surface area contributed by atoms with E-state index in [9.17, 15) is 17.6 Å². The molecule has 0 saturated heterocycles. The zero-order valence-corrected chi connectivity index (χ0v) is 35.5. The molecular weight excluding hydrogens is 741 g/mol. The third-order valence-corrected chi connectivity index (χ3v) is 16.0. The number of hydrogen-bond acceptors (Lipinski definition) is 1. The van der Waals surface area contributed by atoms with Crippen molar-refractivity contribution in [1.29, 1.82) is 0 Å². The largest absolute Gasteiger partial charge is 0.365 e. The molecule has 8 rings (SSSR count). The Morgan fingerprint density at radius 3 is 1.00 bits per heavy atom. The Kier molecular flexibility index (Phi) is 14.0. The first-order valence-corrected chi connectivity index (χ1v) is 23.5. The van der Waals surface area contributed by atoms with E-state index in [1.807, 2.05) is 24.3 Å². The highest BCUT2D eigenvalue weighted by Crippen LogP contribution is 2.50. The van der Waals surface area contributed by atoms with Gasteiger partial charge < -0.3 is 4.74 Å². The van der Waals surface area contributed by atoms with E-state index in [0.717, 1.165) is 83.4 Å². The van der Waals surface area contributed by atoms with Gasteiger partial charge in [0.05, 0.1) is 12.2 Å². The van der Waals surface area contributed by atoms with Gasteiger partial charge in [-0.25, -0.2) is 17.6 Å². The van der Waals surface area contributed by atoms with E-state index in [1.165, 1.54) is 114 Å². The molecule has 59 heavy (non-hydrogen) atoms. The van der Waals surface area contributed by atoms with E-state index in [4.69, 9.17) is 4.74 Å². The fourth-order valence-electron chi connectivity index (χ4n) is 12.1. The minimum atomic E-state index is -0.838. The van der Waals surface area contributed by atoms with Gasteiger partial charge in [-0.3, -0.25) is 0 Å². The standard InChI is InChI=1S/C54H66F4O/c1-3-35-5-9-37(10-6-35)39-13-21-43(22-14-39)53(45-25-17-41(18-26-45)47-29-31-49(55)51(57)33-47)59-54(44-23-15-40(16-24-44)38-11-7-36(4-2)8-12-38)46-27-19-42(20-28-46)48-30-32-50(56)52(58)34-48/h17-20,25-40,43-44,53-54H,3-16,21-24H2,1-2H3/t35-,36-,37-,38-,39-,40-,43-,44-,53?,54?. The summed E-state index contributed by atoms with van der Waals surface area (Å²) in [5.41, 5.74) is 5.32. The monoisotopic (exact) mass is 807 g/mol. The van der Waals surface area contributed by atoms with Crippen LogP contribution in [-0.2, 0) is 4.74 Å². The predicted octanol–water partition coefficient (Wildman–Crippen LogP) is 16.4. The van der Waals surface area contributed by atoms with Crippen LogP contribution in [0.1, 0.15) is 153 Å². The van der Waals surface area contributed by atoms with Gasteiger partial charge in [-0.15, -0.1) is 0 Å². The van der Waals surface area contributed by atoms with Crippen LogP contribution in [0.4, 0.5) is 17.6 Å². The van der Waals surface area contributed by atoms with Crippen LogP contribution >= 0.6 is 0 Å². The molecule has 0 heterocycles. The lowest BCUT2D eigenvalue weighted by atomic mass is 9.67. The van der Waals surface area contributed by atoms with E-state index >= 15 is 0 Å². The summed E-state index contributed by atoms with van der Waals surface area (Å²) in [4.78, 5) is 0. The maximum Gasteiger partial charge on any atom is 0.159 e. The highest BCUT2D eigenvalue weighted by molar-refractivity contribution is 5.64. The average molecular weight is 807 g/mol. The quantitative estimate of drug-likeness (QED) is 0.130. The molecule has 316 valence electrons. The van der Waals surface area contributed by atoms with Crippen molar-refractivity contribution in [2.75, 3.05) is 0 Å². The van der Waals surface area contributed by atoms with Gasteiger partial charge in [0.15, 0.2) is 23.3 Å². The molecule has 4 aliphatic carbocycles. The second-order valence-electron chi connectivity index (χ2n) is 19.2. The van der Waals surface area contributed by atoms with Crippen LogP contribution < -0.4 is 0 Å². The Morgan fingerprint density at radius 1 is 0.390 bits per heavy atom. The molecule has 4 aromatic carbocycles. The summed E-state index contributed by atoms with van der Waals surface area (Å²) < 4.78 is 63.9. The van der Waals surface area contributed by atoms with E-state index in [0.29, 0.717) is 23.0 Å². The van der Waals surface area contributed by atoms with Gasteiger partial charge in [0.25, 0.3) is 0 Å². The Hall–Kier alpha value is -3.44. The van der Waals surface area contributed by atoms with Crippen LogP contribution in [0.2, 0.25) is 0 Å². The third kappa shape index (κ3) is 10.0. The summed E-state index contributed by atoms with van der Waals surface area (Å²) in [6.45, 7) is 4.69. The number of ether oxygens (including phenoxy) is 1. The lowest BCUT2D eigenvalue weighted by Crippen LogP contribution is -2.31. The van der Waals surface area contributed by atoms with Gasteiger partial charge in [0.2, 0.25) is 0 Å². The molecule has 0 spiro atoms. The van der Waals surface area contributed by atoms with Gasteiger partial charge in [-0.05, 0) is 182 Å². The lowest BCUT2D eigenvalue weighted by molar-refractivity contribution is -0.0934. The molecule has 4 fully saturated rings. The summed E-state index contributed by atoms with van der Waals surface area (Å²) in [6, 6.07) is 25.0. The minimum absolute atomic E-state index is 0.108. The molecule has 0 radical (unpaired) electrons. The Labute approximate surface area is 351 Å². The fraction of sp³-hybridized carbons (Fsp3) is 0.556. The number of hydrogen-bond donors (Lipinski definition) is 0. The maximum atomic E-state index is 14.3. The molecule has 1 nitrogen and oxygen atoms in total. The van der Waals surface area contributed by atoms with Gasteiger partial charge in [0, 0.05) is 0 Å². The molecule has 5 heteroatoms. The van der Waals surface area contributed by atoms with Crippen molar-refractivity contribution >= 4 is 0 Å². The molecule has 4 aliphatic rings. The normalized spacial score (nSPS) is 28.8. The van der Waals surface area contributed by atoms with Gasteiger partial charge in [-0.2, -0.15) is 0 Å². The van der Waals surface area contributed by atoms with Crippen molar-refractivity contribution in [2.45, 2.75) is 142 Å². The van der Waals surface area contributed by atoms with E-state index in [2.05, 4.69) is 38.1 Å². The molecule has 2 unspecified atom stereocenters. The molecule has 0 N–H and O–H groups in total. The van der Waals surface area contributed by atoms with Crippen LogP contribution in [0.25, 0.3) is 22.3 Å². The molecule has 4 aromatic rings. The second kappa shape index (κ2) is 19.5. The Balaban J connectivity index is 1.07. The highest BCUT2D eigenvalue weighted by atomic mass is 19.2. The highest BCUT2D eigenvalue weighted by Gasteiger charge is 2.39. The molecule has 0 aliphatic heterocycles. The first-order valence-electron chi connectivity index (χ1n) is 23.5. The molecule has 0 bridgehead atoms. The van der Waals surface area contributed by atoms with Crippen LogP contribution in [0, 0.1) is 70.6 Å². The summed E-state index contributed by atoms with van der Waals surface area (Å²) in [5, 5.41) is 0. The third-order valence-electron chi connectivity index (χ3n) is 16.0. The number of benzene rings is 4. The Bertz CT molecular complexity index is 1780. The SMILES string of the molecule is CC[C@H]1CC[C@H]([C@H]2CC[C@H](C(OC(c3ccc(-c4ccc(F)c(F)c4)cc3)[C@H]3CC[C@H]([C@H]4CC[C@H](CC)CC4)CC3)c3ccc(-c4ccc(F)c(F)c4)cc3)CC2)CC1. The first kappa shape index (κ1) is 42.3. The zero-order valence-electron chi connectivity index (χ0n) is 35.5. The second-order valence-corrected chi connectivity index (χ2v) is 19.2. The predicted molar refractivity (Wildman–Crippen MR) is 233 cm³/mol. The summed E-state index contributed by atoms with van der Waals surface area (Å²) in [7, 11) is 0. The smallest absolute Gasteiger partial charge is 0.159 e.